The Morgan fingerprint density at radius 1 is 0.692 bits per heavy atom. The summed E-state index contributed by atoms with van der Waals surface area (Å²) in [5.41, 5.74) is 15.6. The van der Waals surface area contributed by atoms with Gasteiger partial charge in [-0.2, -0.15) is 0 Å². The number of likely N-dealkylation sites (N-methyl/N-ethyl adjacent to an activating group) is 1. The number of allylic oxidation sites excluding steroid dienone is 2. The summed E-state index contributed by atoms with van der Waals surface area (Å²) >= 11 is 0. The molecule has 5 aromatic rings. The highest BCUT2D eigenvalue weighted by atomic mass is 15.2. The molecule has 0 spiro atoms. The van der Waals surface area contributed by atoms with Crippen molar-refractivity contribution in [1.82, 2.24) is 24.0 Å². The smallest absolute Gasteiger partial charge is 0.0955 e. The molecule has 3 heterocycles. The molecule has 7 rings (SSSR count). The van der Waals surface area contributed by atoms with Crippen molar-refractivity contribution in [3.63, 3.8) is 0 Å². The summed E-state index contributed by atoms with van der Waals surface area (Å²) in [4.78, 5) is 16.3. The van der Waals surface area contributed by atoms with Crippen LogP contribution in [0.25, 0.3) is 49.9 Å². The Labute approximate surface area is 228 Å². The standard InChI is InChI=1S/C33H32N6/c1-19-31(22-7-10-28-25(13-22)34-16-37(28)4)20(2)33(24-9-12-30-27(15-24)36-18-39(30)6)21(3)32(19)23-8-11-29-26(14-23)35-17-38(29)5/h7-18,25,28H,1-6H3. The number of nitrogens with zero attached hydrogens (tertiary/aromatic N) is 6. The molecule has 0 bridgehead atoms. The third-order valence-electron chi connectivity index (χ3n) is 8.63. The van der Waals surface area contributed by atoms with Gasteiger partial charge >= 0.3 is 0 Å². The van der Waals surface area contributed by atoms with E-state index in [9.17, 15) is 0 Å². The number of aliphatic imine (C=N–C) groups is 1. The first kappa shape index (κ1) is 23.7. The molecule has 0 saturated heterocycles. The highest BCUT2D eigenvalue weighted by Crippen LogP contribution is 2.44. The van der Waals surface area contributed by atoms with Crippen LogP contribution >= 0.6 is 0 Å². The molecule has 0 amide bonds. The minimum atomic E-state index is 0.136. The van der Waals surface area contributed by atoms with Crippen molar-refractivity contribution in [2.75, 3.05) is 7.05 Å². The van der Waals surface area contributed by atoms with E-state index in [1.807, 2.05) is 33.1 Å². The number of rotatable bonds is 3. The molecule has 3 aromatic carbocycles. The van der Waals surface area contributed by atoms with Crippen molar-refractivity contribution < 1.29 is 0 Å². The summed E-state index contributed by atoms with van der Waals surface area (Å²) in [7, 11) is 6.18. The first-order chi connectivity index (χ1) is 18.8. The lowest BCUT2D eigenvalue weighted by Gasteiger charge is -2.27. The van der Waals surface area contributed by atoms with Gasteiger partial charge in [-0.3, -0.25) is 4.99 Å². The molecule has 6 heteroatoms. The second-order valence-electron chi connectivity index (χ2n) is 11.0. The molecule has 1 aliphatic heterocycles. The fraction of sp³-hybridized carbons (Fsp3) is 0.242. The Morgan fingerprint density at radius 3 is 1.79 bits per heavy atom. The maximum absolute atomic E-state index is 4.78. The van der Waals surface area contributed by atoms with Gasteiger partial charge in [0, 0.05) is 21.1 Å². The van der Waals surface area contributed by atoms with Gasteiger partial charge in [0.25, 0.3) is 0 Å². The van der Waals surface area contributed by atoms with Gasteiger partial charge in [0.1, 0.15) is 0 Å². The second kappa shape index (κ2) is 8.53. The minimum absolute atomic E-state index is 0.136. The lowest BCUT2D eigenvalue weighted by atomic mass is 9.79. The van der Waals surface area contributed by atoms with Crippen LogP contribution in [0.4, 0.5) is 0 Å². The molecule has 194 valence electrons. The van der Waals surface area contributed by atoms with E-state index in [2.05, 4.69) is 106 Å². The lowest BCUT2D eigenvalue weighted by molar-refractivity contribution is 0.445. The van der Waals surface area contributed by atoms with Crippen molar-refractivity contribution in [3.05, 3.63) is 89.5 Å². The molecule has 0 N–H and O–H groups in total. The predicted octanol–water partition coefficient (Wildman–Crippen LogP) is 6.38. The molecule has 1 aliphatic carbocycles. The average molecular weight is 513 g/mol. The molecular weight excluding hydrogens is 480 g/mol. The van der Waals surface area contributed by atoms with E-state index >= 15 is 0 Å². The molecule has 2 atom stereocenters. The molecule has 0 radical (unpaired) electrons. The topological polar surface area (TPSA) is 51.2 Å². The minimum Gasteiger partial charge on any atom is -0.357 e. The molecule has 2 unspecified atom stereocenters. The van der Waals surface area contributed by atoms with E-state index in [4.69, 9.17) is 4.99 Å². The van der Waals surface area contributed by atoms with Gasteiger partial charge in [-0.05, 0) is 101 Å². The number of benzene rings is 3. The SMILES string of the molecule is Cc1c(C2=CC3N=CN(C)C3C=C2)c(C)c(-c2ccc3c(c2)ncn3C)c(C)c1-c1ccc2c(c1)ncn2C. The zero-order valence-corrected chi connectivity index (χ0v) is 23.3. The summed E-state index contributed by atoms with van der Waals surface area (Å²) in [6, 6.07) is 13.7. The molecule has 39 heavy (non-hydrogen) atoms. The van der Waals surface area contributed by atoms with Crippen molar-refractivity contribution in [1.29, 1.82) is 0 Å². The van der Waals surface area contributed by atoms with Crippen molar-refractivity contribution in [2.45, 2.75) is 32.9 Å². The van der Waals surface area contributed by atoms with Crippen molar-refractivity contribution in [2.24, 2.45) is 19.1 Å². The lowest BCUT2D eigenvalue weighted by Crippen LogP contribution is -2.32. The number of aromatic nitrogens is 4. The van der Waals surface area contributed by atoms with E-state index in [-0.39, 0.29) is 12.1 Å². The van der Waals surface area contributed by atoms with Crippen LogP contribution in [0.1, 0.15) is 22.3 Å². The Hall–Kier alpha value is -4.45. The second-order valence-corrected chi connectivity index (χ2v) is 11.0. The fourth-order valence-electron chi connectivity index (χ4n) is 6.69. The maximum atomic E-state index is 4.78. The van der Waals surface area contributed by atoms with Crippen LogP contribution in [0.15, 0.2) is 72.3 Å². The van der Waals surface area contributed by atoms with Crippen LogP contribution in [-0.4, -0.2) is 49.5 Å². The van der Waals surface area contributed by atoms with E-state index < -0.39 is 0 Å². The Kier molecular flexibility index (Phi) is 5.17. The zero-order valence-electron chi connectivity index (χ0n) is 23.3. The van der Waals surface area contributed by atoms with Gasteiger partial charge in [0.05, 0.1) is 53.1 Å². The summed E-state index contributed by atoms with van der Waals surface area (Å²) in [6.07, 6.45) is 12.6. The van der Waals surface area contributed by atoms with Crippen molar-refractivity contribution in [3.8, 4) is 22.3 Å². The normalized spacial score (nSPS) is 18.4. The Bertz CT molecular complexity index is 1790. The van der Waals surface area contributed by atoms with Crippen LogP contribution in [0.2, 0.25) is 0 Å². The maximum Gasteiger partial charge on any atom is 0.0955 e. The molecule has 0 fully saturated rings. The molecule has 2 aliphatic rings. The van der Waals surface area contributed by atoms with E-state index in [0.717, 1.165) is 22.1 Å². The summed E-state index contributed by atoms with van der Waals surface area (Å²) in [5, 5.41) is 0. The molecule has 2 aromatic heterocycles. The zero-order chi connectivity index (χ0) is 27.0. The first-order valence-corrected chi connectivity index (χ1v) is 13.4. The Morgan fingerprint density at radius 2 is 1.23 bits per heavy atom. The number of hydrogen-bond donors (Lipinski definition) is 0. The third-order valence-corrected chi connectivity index (χ3v) is 8.63. The number of imidazole rings is 2. The molecule has 0 saturated carbocycles. The third kappa shape index (κ3) is 3.51. The van der Waals surface area contributed by atoms with Crippen LogP contribution in [0.3, 0.4) is 0 Å². The number of fused-ring (bicyclic) bond motifs is 3. The first-order valence-electron chi connectivity index (χ1n) is 13.4. The van der Waals surface area contributed by atoms with E-state index in [0.29, 0.717) is 0 Å². The van der Waals surface area contributed by atoms with Gasteiger partial charge in [-0.15, -0.1) is 0 Å². The molecule has 6 nitrogen and oxygen atoms in total. The summed E-state index contributed by atoms with van der Waals surface area (Å²) in [5.74, 6) is 0. The fourth-order valence-corrected chi connectivity index (χ4v) is 6.69. The van der Waals surface area contributed by atoms with E-state index in [1.54, 1.807) is 0 Å². The van der Waals surface area contributed by atoms with Crippen LogP contribution < -0.4 is 0 Å². The summed E-state index contributed by atoms with van der Waals surface area (Å²) < 4.78 is 4.14. The predicted molar refractivity (Wildman–Crippen MR) is 161 cm³/mol. The van der Waals surface area contributed by atoms with Gasteiger partial charge in [-0.25, -0.2) is 9.97 Å². The summed E-state index contributed by atoms with van der Waals surface area (Å²) in [6.45, 7) is 6.80. The highest BCUT2D eigenvalue weighted by molar-refractivity contribution is 5.95. The van der Waals surface area contributed by atoms with Gasteiger partial charge in [-0.1, -0.05) is 24.3 Å². The van der Waals surface area contributed by atoms with Crippen LogP contribution in [0.5, 0.6) is 0 Å². The van der Waals surface area contributed by atoms with E-state index in [1.165, 1.54) is 50.1 Å². The number of aryl methyl sites for hydroxylation is 2. The quantitative estimate of drug-likeness (QED) is 0.282. The number of hydrogen-bond acceptors (Lipinski definition) is 4. The van der Waals surface area contributed by atoms with Gasteiger partial charge in [0.2, 0.25) is 0 Å². The monoisotopic (exact) mass is 512 g/mol. The Balaban J connectivity index is 1.50. The van der Waals surface area contributed by atoms with Gasteiger partial charge < -0.3 is 14.0 Å². The van der Waals surface area contributed by atoms with Gasteiger partial charge in [0.15, 0.2) is 0 Å². The highest BCUT2D eigenvalue weighted by Gasteiger charge is 2.29. The van der Waals surface area contributed by atoms with Crippen LogP contribution in [0, 0.1) is 20.8 Å². The molecular formula is C33H32N6. The van der Waals surface area contributed by atoms with Crippen LogP contribution in [-0.2, 0) is 14.1 Å². The average Bonchev–Trinajstić information content (AvgIpc) is 3.60. The van der Waals surface area contributed by atoms with Crippen molar-refractivity contribution >= 4 is 34.0 Å². The largest absolute Gasteiger partial charge is 0.357 e.